The standard InChI is InChI=1S/C17H22N4O2S/c1-3-23-16-5-4-14(10-18-16)17(22)21-8-6-20(7-9-21)11-15-12-24-13(2)19-15/h4-5,10,12H,3,6-9,11H2,1-2H3. The van der Waals surface area contributed by atoms with Gasteiger partial charge in [0.1, 0.15) is 0 Å². The number of rotatable bonds is 5. The van der Waals surface area contributed by atoms with Crippen molar-refractivity contribution in [3.8, 4) is 5.88 Å². The lowest BCUT2D eigenvalue weighted by Crippen LogP contribution is -2.48. The van der Waals surface area contributed by atoms with Gasteiger partial charge in [-0.25, -0.2) is 9.97 Å². The Morgan fingerprint density at radius 3 is 2.67 bits per heavy atom. The number of thiazole rings is 1. The maximum Gasteiger partial charge on any atom is 0.255 e. The van der Waals surface area contributed by atoms with Gasteiger partial charge in [-0.15, -0.1) is 11.3 Å². The van der Waals surface area contributed by atoms with E-state index in [2.05, 4.69) is 20.2 Å². The van der Waals surface area contributed by atoms with Gasteiger partial charge in [0.15, 0.2) is 0 Å². The van der Waals surface area contributed by atoms with Crippen LogP contribution in [0.4, 0.5) is 0 Å². The quantitative estimate of drug-likeness (QED) is 0.831. The van der Waals surface area contributed by atoms with Gasteiger partial charge in [0.25, 0.3) is 5.91 Å². The fraction of sp³-hybridized carbons (Fsp3) is 0.471. The number of ether oxygens (including phenoxy) is 1. The zero-order chi connectivity index (χ0) is 16.9. The molecule has 0 aromatic carbocycles. The maximum atomic E-state index is 12.6. The number of piperazine rings is 1. The Bertz CT molecular complexity index is 678. The van der Waals surface area contributed by atoms with Crippen LogP contribution >= 0.6 is 11.3 Å². The van der Waals surface area contributed by atoms with Gasteiger partial charge in [0, 0.05) is 50.4 Å². The fourth-order valence-corrected chi connectivity index (χ4v) is 3.35. The number of hydrogen-bond donors (Lipinski definition) is 0. The minimum atomic E-state index is 0.0368. The van der Waals surface area contributed by atoms with E-state index >= 15 is 0 Å². The van der Waals surface area contributed by atoms with Gasteiger partial charge in [-0.2, -0.15) is 0 Å². The first-order valence-corrected chi connectivity index (χ1v) is 9.05. The molecule has 3 heterocycles. The highest BCUT2D eigenvalue weighted by Crippen LogP contribution is 2.14. The van der Waals surface area contributed by atoms with Gasteiger partial charge in [-0.1, -0.05) is 0 Å². The van der Waals surface area contributed by atoms with Crippen LogP contribution in [0.2, 0.25) is 0 Å². The van der Waals surface area contributed by atoms with Gasteiger partial charge >= 0.3 is 0 Å². The van der Waals surface area contributed by atoms with E-state index in [4.69, 9.17) is 4.74 Å². The lowest BCUT2D eigenvalue weighted by Gasteiger charge is -2.34. The van der Waals surface area contributed by atoms with Crippen molar-refractivity contribution in [2.45, 2.75) is 20.4 Å². The summed E-state index contributed by atoms with van der Waals surface area (Å²) in [6.45, 7) is 8.56. The molecule has 3 rings (SSSR count). The van der Waals surface area contributed by atoms with Crippen molar-refractivity contribution in [2.75, 3.05) is 32.8 Å². The van der Waals surface area contributed by atoms with Gasteiger partial charge in [0.05, 0.1) is 22.9 Å². The van der Waals surface area contributed by atoms with Crippen LogP contribution in [-0.4, -0.2) is 58.5 Å². The lowest BCUT2D eigenvalue weighted by atomic mass is 10.2. The number of nitrogens with zero attached hydrogens (tertiary/aromatic N) is 4. The summed E-state index contributed by atoms with van der Waals surface area (Å²) in [5.41, 5.74) is 1.73. The van der Waals surface area contributed by atoms with Crippen LogP contribution in [0.25, 0.3) is 0 Å². The number of pyridine rings is 1. The van der Waals surface area contributed by atoms with Crippen LogP contribution in [0.3, 0.4) is 0 Å². The summed E-state index contributed by atoms with van der Waals surface area (Å²) in [5.74, 6) is 0.590. The Morgan fingerprint density at radius 2 is 2.08 bits per heavy atom. The predicted molar refractivity (Wildman–Crippen MR) is 93.4 cm³/mol. The molecule has 0 bridgehead atoms. The highest BCUT2D eigenvalue weighted by atomic mass is 32.1. The molecule has 1 fully saturated rings. The van der Waals surface area contributed by atoms with Gasteiger partial charge in [-0.05, 0) is 19.9 Å². The summed E-state index contributed by atoms with van der Waals surface area (Å²) < 4.78 is 5.31. The molecule has 1 saturated heterocycles. The summed E-state index contributed by atoms with van der Waals surface area (Å²) in [6.07, 6.45) is 1.59. The Kier molecular flexibility index (Phi) is 5.42. The normalized spacial score (nSPS) is 15.5. The fourth-order valence-electron chi connectivity index (χ4n) is 2.74. The molecule has 7 heteroatoms. The molecule has 1 aliphatic heterocycles. The van der Waals surface area contributed by atoms with E-state index in [-0.39, 0.29) is 5.91 Å². The summed E-state index contributed by atoms with van der Waals surface area (Å²) in [5, 5.41) is 3.21. The highest BCUT2D eigenvalue weighted by Gasteiger charge is 2.22. The van der Waals surface area contributed by atoms with Gasteiger partial charge in [-0.3, -0.25) is 9.69 Å². The third-order valence-electron chi connectivity index (χ3n) is 3.99. The molecule has 1 amide bonds. The van der Waals surface area contributed by atoms with Crippen LogP contribution in [-0.2, 0) is 6.54 Å². The van der Waals surface area contributed by atoms with Crippen LogP contribution in [0.1, 0.15) is 28.0 Å². The third kappa shape index (κ3) is 4.10. The molecule has 0 unspecified atom stereocenters. The van der Waals surface area contributed by atoms with Crippen molar-refractivity contribution >= 4 is 17.2 Å². The summed E-state index contributed by atoms with van der Waals surface area (Å²) >= 11 is 1.68. The van der Waals surface area contributed by atoms with E-state index in [1.165, 1.54) is 0 Å². The number of carbonyl (C=O) groups is 1. The number of aromatic nitrogens is 2. The molecule has 128 valence electrons. The monoisotopic (exact) mass is 346 g/mol. The molecule has 0 N–H and O–H groups in total. The molecule has 0 saturated carbocycles. The predicted octanol–water partition coefficient (Wildman–Crippen LogP) is 2.20. The van der Waals surface area contributed by atoms with E-state index in [0.717, 1.165) is 43.4 Å². The first kappa shape index (κ1) is 16.9. The van der Waals surface area contributed by atoms with Crippen molar-refractivity contribution in [3.63, 3.8) is 0 Å². The molecule has 0 spiro atoms. The molecule has 2 aromatic heterocycles. The summed E-state index contributed by atoms with van der Waals surface area (Å²) in [6, 6.07) is 3.53. The Morgan fingerprint density at radius 1 is 1.29 bits per heavy atom. The maximum absolute atomic E-state index is 12.6. The third-order valence-corrected chi connectivity index (χ3v) is 4.81. The Hall–Kier alpha value is -1.99. The first-order valence-electron chi connectivity index (χ1n) is 8.17. The minimum Gasteiger partial charge on any atom is -0.478 e. The van der Waals surface area contributed by atoms with Crippen LogP contribution in [0, 0.1) is 6.92 Å². The molecule has 2 aromatic rings. The van der Waals surface area contributed by atoms with E-state index in [0.29, 0.717) is 18.1 Å². The molecule has 6 nitrogen and oxygen atoms in total. The number of hydrogen-bond acceptors (Lipinski definition) is 6. The molecule has 0 atom stereocenters. The summed E-state index contributed by atoms with van der Waals surface area (Å²) in [7, 11) is 0. The smallest absolute Gasteiger partial charge is 0.255 e. The van der Waals surface area contributed by atoms with Crippen LogP contribution in [0.15, 0.2) is 23.7 Å². The van der Waals surface area contributed by atoms with Crippen molar-refractivity contribution in [2.24, 2.45) is 0 Å². The van der Waals surface area contributed by atoms with Crippen molar-refractivity contribution in [1.29, 1.82) is 0 Å². The second-order valence-corrected chi connectivity index (χ2v) is 6.81. The number of aryl methyl sites for hydroxylation is 1. The SMILES string of the molecule is CCOc1ccc(C(=O)N2CCN(Cc3csc(C)n3)CC2)cn1. The highest BCUT2D eigenvalue weighted by molar-refractivity contribution is 7.09. The van der Waals surface area contributed by atoms with E-state index in [1.54, 1.807) is 29.7 Å². The first-order chi connectivity index (χ1) is 11.7. The zero-order valence-electron chi connectivity index (χ0n) is 14.1. The molecule has 0 radical (unpaired) electrons. The molecule has 1 aliphatic rings. The van der Waals surface area contributed by atoms with Crippen LogP contribution < -0.4 is 4.74 Å². The van der Waals surface area contributed by atoms with Crippen LogP contribution in [0.5, 0.6) is 5.88 Å². The average molecular weight is 346 g/mol. The number of amides is 1. The Balaban J connectivity index is 1.52. The largest absolute Gasteiger partial charge is 0.478 e. The Labute approximate surface area is 146 Å². The van der Waals surface area contributed by atoms with Crippen molar-refractivity contribution < 1.29 is 9.53 Å². The molecule has 24 heavy (non-hydrogen) atoms. The lowest BCUT2D eigenvalue weighted by molar-refractivity contribution is 0.0627. The average Bonchev–Trinajstić information content (AvgIpc) is 3.01. The minimum absolute atomic E-state index is 0.0368. The molecule has 0 aliphatic carbocycles. The molecular weight excluding hydrogens is 324 g/mol. The van der Waals surface area contributed by atoms with E-state index in [9.17, 15) is 4.79 Å². The second kappa shape index (κ2) is 7.72. The summed E-state index contributed by atoms with van der Waals surface area (Å²) in [4.78, 5) is 25.5. The van der Waals surface area contributed by atoms with Crippen molar-refractivity contribution in [3.05, 3.63) is 40.0 Å². The van der Waals surface area contributed by atoms with Gasteiger partial charge in [0.2, 0.25) is 5.88 Å². The van der Waals surface area contributed by atoms with E-state index < -0.39 is 0 Å². The zero-order valence-corrected chi connectivity index (χ0v) is 14.9. The second-order valence-electron chi connectivity index (χ2n) is 5.74. The number of carbonyl (C=O) groups excluding carboxylic acids is 1. The van der Waals surface area contributed by atoms with Crippen molar-refractivity contribution in [1.82, 2.24) is 19.8 Å². The van der Waals surface area contributed by atoms with E-state index in [1.807, 2.05) is 18.7 Å². The topological polar surface area (TPSA) is 58.6 Å². The molecular formula is C17H22N4O2S. The van der Waals surface area contributed by atoms with Gasteiger partial charge < -0.3 is 9.64 Å².